The number of aldehydes is 1. The summed E-state index contributed by atoms with van der Waals surface area (Å²) < 4.78 is 1.69. The van der Waals surface area contributed by atoms with E-state index in [1.54, 1.807) is 10.9 Å². The lowest BCUT2D eigenvalue weighted by Crippen LogP contribution is -2.40. The van der Waals surface area contributed by atoms with Crippen molar-refractivity contribution in [3.63, 3.8) is 0 Å². The normalized spacial score (nSPS) is 30.5. The van der Waals surface area contributed by atoms with E-state index in [2.05, 4.69) is 17.0 Å². The standard InChI is InChI=1S/C13H17N3O3/c1-15-9-2-3-10(15)5-11(4-9)16-6-8(7-17)12(14-16)13(18)19/h6-7,9-11H,2-5H2,1H3,(H,18,19). The van der Waals surface area contributed by atoms with Crippen LogP contribution in [0.25, 0.3) is 0 Å². The molecule has 0 aromatic carbocycles. The van der Waals surface area contributed by atoms with Gasteiger partial charge in [0, 0.05) is 18.3 Å². The average molecular weight is 263 g/mol. The van der Waals surface area contributed by atoms with Gasteiger partial charge in [-0.15, -0.1) is 0 Å². The van der Waals surface area contributed by atoms with Crippen molar-refractivity contribution in [3.8, 4) is 0 Å². The fourth-order valence-corrected chi connectivity index (χ4v) is 3.44. The molecule has 2 atom stereocenters. The lowest BCUT2D eigenvalue weighted by Gasteiger charge is -2.36. The second kappa shape index (κ2) is 4.45. The highest BCUT2D eigenvalue weighted by molar-refractivity contribution is 5.95. The molecule has 0 aliphatic carbocycles. The number of fused-ring (bicyclic) bond motifs is 2. The first-order valence-corrected chi connectivity index (χ1v) is 6.59. The molecule has 19 heavy (non-hydrogen) atoms. The third kappa shape index (κ3) is 1.96. The molecule has 2 fully saturated rings. The Bertz CT molecular complexity index is 511. The van der Waals surface area contributed by atoms with Gasteiger partial charge in [0.25, 0.3) is 0 Å². The van der Waals surface area contributed by atoms with E-state index >= 15 is 0 Å². The minimum absolute atomic E-state index is 0.138. The summed E-state index contributed by atoms with van der Waals surface area (Å²) >= 11 is 0. The van der Waals surface area contributed by atoms with Crippen molar-refractivity contribution in [1.82, 2.24) is 14.7 Å². The Labute approximate surface area is 111 Å². The second-order valence-electron chi connectivity index (χ2n) is 5.51. The summed E-state index contributed by atoms with van der Waals surface area (Å²) in [6.07, 6.45) is 6.50. The van der Waals surface area contributed by atoms with Crippen LogP contribution in [-0.4, -0.2) is 51.2 Å². The number of aromatic nitrogens is 2. The van der Waals surface area contributed by atoms with E-state index in [9.17, 15) is 9.59 Å². The van der Waals surface area contributed by atoms with Gasteiger partial charge in [-0.3, -0.25) is 9.48 Å². The number of hydrogen-bond donors (Lipinski definition) is 1. The van der Waals surface area contributed by atoms with Crippen molar-refractivity contribution in [2.24, 2.45) is 0 Å². The summed E-state index contributed by atoms with van der Waals surface area (Å²) in [5.41, 5.74) is 0.0278. The van der Waals surface area contributed by atoms with Gasteiger partial charge in [0.2, 0.25) is 0 Å². The van der Waals surface area contributed by atoms with Crippen molar-refractivity contribution >= 4 is 12.3 Å². The van der Waals surface area contributed by atoms with Crippen LogP contribution >= 0.6 is 0 Å². The summed E-state index contributed by atoms with van der Waals surface area (Å²) in [4.78, 5) is 24.3. The molecule has 0 spiro atoms. The zero-order valence-electron chi connectivity index (χ0n) is 10.8. The Morgan fingerprint density at radius 3 is 2.47 bits per heavy atom. The van der Waals surface area contributed by atoms with E-state index in [1.165, 1.54) is 12.8 Å². The lowest BCUT2D eigenvalue weighted by molar-refractivity contribution is 0.0685. The third-order valence-electron chi connectivity index (χ3n) is 4.54. The monoisotopic (exact) mass is 263 g/mol. The molecule has 0 radical (unpaired) electrons. The zero-order valence-corrected chi connectivity index (χ0v) is 10.8. The molecule has 0 amide bonds. The molecule has 1 aromatic rings. The first-order chi connectivity index (χ1) is 9.10. The van der Waals surface area contributed by atoms with Gasteiger partial charge in [-0.25, -0.2) is 4.79 Å². The zero-order chi connectivity index (χ0) is 13.6. The van der Waals surface area contributed by atoms with Gasteiger partial charge < -0.3 is 10.0 Å². The minimum atomic E-state index is -1.14. The molecule has 6 heteroatoms. The number of nitrogens with zero attached hydrogens (tertiary/aromatic N) is 3. The molecular weight excluding hydrogens is 246 g/mol. The Kier molecular flexibility index (Phi) is 2.89. The van der Waals surface area contributed by atoms with E-state index in [0.29, 0.717) is 18.4 Å². The van der Waals surface area contributed by atoms with E-state index in [1.807, 2.05) is 0 Å². The van der Waals surface area contributed by atoms with Gasteiger partial charge in [0.1, 0.15) is 0 Å². The highest BCUT2D eigenvalue weighted by Crippen LogP contribution is 2.39. The topological polar surface area (TPSA) is 75.4 Å². The molecule has 2 unspecified atom stereocenters. The van der Waals surface area contributed by atoms with E-state index in [-0.39, 0.29) is 17.3 Å². The number of carbonyl (C=O) groups excluding carboxylic acids is 1. The quantitative estimate of drug-likeness (QED) is 0.829. The molecule has 6 nitrogen and oxygen atoms in total. The van der Waals surface area contributed by atoms with Gasteiger partial charge >= 0.3 is 5.97 Å². The fraction of sp³-hybridized carbons (Fsp3) is 0.615. The maximum Gasteiger partial charge on any atom is 0.357 e. The molecule has 3 rings (SSSR count). The molecular formula is C13H17N3O3. The van der Waals surface area contributed by atoms with Crippen LogP contribution in [-0.2, 0) is 0 Å². The summed E-state index contributed by atoms with van der Waals surface area (Å²) in [6.45, 7) is 0. The highest BCUT2D eigenvalue weighted by Gasteiger charge is 2.39. The minimum Gasteiger partial charge on any atom is -0.476 e. The molecule has 2 saturated heterocycles. The van der Waals surface area contributed by atoms with Crippen LogP contribution in [0.15, 0.2) is 6.20 Å². The smallest absolute Gasteiger partial charge is 0.357 e. The lowest BCUT2D eigenvalue weighted by atomic mass is 9.98. The Morgan fingerprint density at radius 2 is 2.00 bits per heavy atom. The van der Waals surface area contributed by atoms with Crippen LogP contribution in [0.4, 0.5) is 0 Å². The number of rotatable bonds is 3. The van der Waals surface area contributed by atoms with Crippen LogP contribution in [0, 0.1) is 0 Å². The highest BCUT2D eigenvalue weighted by atomic mass is 16.4. The van der Waals surface area contributed by atoms with Crippen LogP contribution in [0.5, 0.6) is 0 Å². The molecule has 1 N–H and O–H groups in total. The van der Waals surface area contributed by atoms with E-state index < -0.39 is 5.97 Å². The summed E-state index contributed by atoms with van der Waals surface area (Å²) in [6, 6.07) is 1.32. The van der Waals surface area contributed by atoms with E-state index in [4.69, 9.17) is 5.11 Å². The first kappa shape index (κ1) is 12.3. The number of carbonyl (C=O) groups is 2. The maximum absolute atomic E-state index is 11.0. The molecule has 102 valence electrons. The van der Waals surface area contributed by atoms with Crippen LogP contribution in [0.2, 0.25) is 0 Å². The third-order valence-corrected chi connectivity index (χ3v) is 4.54. The summed E-state index contributed by atoms with van der Waals surface area (Å²) in [7, 11) is 2.15. The molecule has 2 aliphatic rings. The summed E-state index contributed by atoms with van der Waals surface area (Å²) in [5, 5.41) is 13.1. The van der Waals surface area contributed by atoms with Gasteiger partial charge in [-0.05, 0) is 32.7 Å². The SMILES string of the molecule is CN1C2CCC1CC(n1cc(C=O)c(C(=O)O)n1)C2. The number of carboxylic acids is 1. The van der Waals surface area contributed by atoms with Crippen LogP contribution < -0.4 is 0 Å². The Morgan fingerprint density at radius 1 is 1.37 bits per heavy atom. The van der Waals surface area contributed by atoms with Crippen molar-refractivity contribution in [2.75, 3.05) is 7.05 Å². The number of piperidine rings is 1. The number of hydrogen-bond acceptors (Lipinski definition) is 4. The van der Waals surface area contributed by atoms with Gasteiger partial charge in [0.15, 0.2) is 12.0 Å². The largest absolute Gasteiger partial charge is 0.476 e. The predicted molar refractivity (Wildman–Crippen MR) is 67.4 cm³/mol. The van der Waals surface area contributed by atoms with Crippen molar-refractivity contribution < 1.29 is 14.7 Å². The molecule has 0 saturated carbocycles. The number of aromatic carboxylic acids is 1. The summed E-state index contributed by atoms with van der Waals surface area (Å²) in [5.74, 6) is -1.14. The van der Waals surface area contributed by atoms with Crippen molar-refractivity contribution in [1.29, 1.82) is 0 Å². The molecule has 2 aliphatic heterocycles. The number of carboxylic acid groups (broad SMARTS) is 1. The predicted octanol–water partition coefficient (Wildman–Crippen LogP) is 1.19. The Hall–Kier alpha value is -1.69. The van der Waals surface area contributed by atoms with Crippen LogP contribution in [0.3, 0.4) is 0 Å². The van der Waals surface area contributed by atoms with Crippen LogP contribution in [0.1, 0.15) is 52.6 Å². The van der Waals surface area contributed by atoms with Gasteiger partial charge in [0.05, 0.1) is 11.6 Å². The van der Waals surface area contributed by atoms with Crippen molar-refractivity contribution in [2.45, 2.75) is 43.8 Å². The molecule has 3 heterocycles. The van der Waals surface area contributed by atoms with E-state index in [0.717, 1.165) is 12.8 Å². The molecule has 1 aromatic heterocycles. The second-order valence-corrected chi connectivity index (χ2v) is 5.51. The average Bonchev–Trinajstić information content (AvgIpc) is 2.88. The fourth-order valence-electron chi connectivity index (χ4n) is 3.44. The Balaban J connectivity index is 1.87. The van der Waals surface area contributed by atoms with Crippen molar-refractivity contribution in [3.05, 3.63) is 17.5 Å². The maximum atomic E-state index is 11.0. The first-order valence-electron chi connectivity index (χ1n) is 6.59. The van der Waals surface area contributed by atoms with Gasteiger partial charge in [-0.1, -0.05) is 0 Å². The van der Waals surface area contributed by atoms with Gasteiger partial charge in [-0.2, -0.15) is 5.10 Å². The molecule has 2 bridgehead atoms.